The average molecular weight is 2500 g/mol. The molecule has 2 aliphatic heterocycles. The topological polar surface area (TPSA) is 417 Å². The summed E-state index contributed by atoms with van der Waals surface area (Å²) in [4.78, 5) is 77.8. The van der Waals surface area contributed by atoms with Crippen molar-refractivity contribution in [2.75, 3.05) is 0 Å². The summed E-state index contributed by atoms with van der Waals surface area (Å²) in [5.41, 5.74) is 16.6. The normalized spacial score (nSPS) is 11.2. The maximum atomic E-state index is 11.2. The van der Waals surface area contributed by atoms with Crippen molar-refractivity contribution in [2.45, 2.75) is 65.7 Å². The highest BCUT2D eigenvalue weighted by Gasteiger charge is 2.36. The molecule has 0 aliphatic carbocycles. The molecule has 1 fully saturated rings. The van der Waals surface area contributed by atoms with Crippen LogP contribution in [0.5, 0.6) is 17.2 Å². The van der Waals surface area contributed by atoms with Gasteiger partial charge in [-0.2, -0.15) is 0 Å². The lowest BCUT2D eigenvalue weighted by molar-refractivity contribution is -0.385. The minimum Gasteiger partial charge on any atom is -0.507 e. The highest BCUT2D eigenvalue weighted by atomic mass is 127. The molecule has 146 heavy (non-hydrogen) atoms. The Labute approximate surface area is 916 Å². The molecule has 9 aromatic carbocycles. The number of nitro groups is 6. The number of hydrogen-bond acceptors (Lipinski definition) is 24. The van der Waals surface area contributed by atoms with E-state index in [1.165, 1.54) is 72.8 Å². The number of hydrogen-bond donors (Lipinski definition) is 3. The number of aliphatic hydroxyl groups excluding tert-OH is 2. The van der Waals surface area contributed by atoms with Gasteiger partial charge in [0.15, 0.2) is 0 Å². The molecule has 42 heteroatoms. The van der Waals surface area contributed by atoms with E-state index in [9.17, 15) is 60.7 Å². The molecule has 2 aliphatic rings. The number of aromatic nitrogens is 4. The molecular formula is C104H88B3Cl3I4N10O20Si2. The Balaban J connectivity index is 0.000000257. The van der Waals surface area contributed by atoms with Gasteiger partial charge < -0.3 is 38.5 Å². The van der Waals surface area contributed by atoms with Crippen LogP contribution in [0, 0.1) is 134 Å². The molecular weight excluding hydrogens is 2410 g/mol. The van der Waals surface area contributed by atoms with Gasteiger partial charge in [0, 0.05) is 170 Å². The molecule has 0 saturated carbocycles. The summed E-state index contributed by atoms with van der Waals surface area (Å²) in [7, 11) is -3.88. The molecule has 740 valence electrons. The number of fused-ring (bicyclic) bond motifs is 2. The van der Waals surface area contributed by atoms with E-state index in [0.717, 1.165) is 47.9 Å². The van der Waals surface area contributed by atoms with E-state index in [2.05, 4.69) is 177 Å². The Bertz CT molecular complexity index is 7150. The largest absolute Gasteiger partial charge is 0.507 e. The van der Waals surface area contributed by atoms with Gasteiger partial charge in [0.05, 0.1) is 72.7 Å². The Kier molecular flexibility index (Phi) is 51.9. The molecule has 1 saturated heterocycles. The van der Waals surface area contributed by atoms with Crippen molar-refractivity contribution in [3.63, 3.8) is 0 Å². The second-order valence-electron chi connectivity index (χ2n) is 31.2. The zero-order valence-electron chi connectivity index (χ0n) is 78.7. The lowest BCUT2D eigenvalue weighted by atomic mass is 9.70. The summed E-state index contributed by atoms with van der Waals surface area (Å²) >= 11 is 26.1. The number of phenols is 1. The van der Waals surface area contributed by atoms with Crippen LogP contribution in [-0.4, -0.2) is 102 Å². The van der Waals surface area contributed by atoms with Crippen molar-refractivity contribution in [2.24, 2.45) is 0 Å². The molecule has 4 aromatic heterocycles. The number of ether oxygens (including phenoxy) is 2. The van der Waals surface area contributed by atoms with E-state index in [1.54, 1.807) is 170 Å². The van der Waals surface area contributed by atoms with Gasteiger partial charge in [-0.3, -0.25) is 80.6 Å². The van der Waals surface area contributed by atoms with Gasteiger partial charge in [0.25, 0.3) is 34.1 Å². The summed E-state index contributed by atoms with van der Waals surface area (Å²) in [6.07, 6.45) is 18.5. The smallest absolute Gasteiger partial charge is 0.458 e. The Morgan fingerprint density at radius 1 is 0.445 bits per heavy atom. The zero-order chi connectivity index (χ0) is 108. The van der Waals surface area contributed by atoms with Crippen LogP contribution in [0.4, 0.5) is 34.1 Å². The van der Waals surface area contributed by atoms with E-state index < -0.39 is 67.0 Å². The van der Waals surface area contributed by atoms with Crippen LogP contribution in [0.1, 0.15) is 72.8 Å². The number of nitrogens with zero attached hydrogens (tertiary/aromatic N) is 10. The fraction of sp³-hybridized carbons (Fsp3) is 0.0962. The number of aromatic hydroxyl groups is 1. The van der Waals surface area contributed by atoms with E-state index in [4.69, 9.17) is 86.2 Å². The van der Waals surface area contributed by atoms with E-state index in [0.29, 0.717) is 83.5 Å². The fourth-order valence-electron chi connectivity index (χ4n) is 11.2. The van der Waals surface area contributed by atoms with Crippen LogP contribution < -0.4 is 9.47 Å². The summed E-state index contributed by atoms with van der Waals surface area (Å²) in [5, 5.41) is 92.1. The Morgan fingerprint density at radius 2 is 0.849 bits per heavy atom. The molecule has 0 bridgehead atoms. The third-order valence-corrected chi connectivity index (χ3v) is 24.1. The van der Waals surface area contributed by atoms with Gasteiger partial charge in [-0.05, 0) is 229 Å². The van der Waals surface area contributed by atoms with Crippen molar-refractivity contribution < 1.29 is 68.0 Å². The maximum Gasteiger partial charge on any atom is 0.458 e. The molecule has 13 aromatic rings. The maximum absolute atomic E-state index is 11.2. The number of pyridine rings is 4. The monoisotopic (exact) mass is 2500 g/mol. The second kappa shape index (κ2) is 62.7. The van der Waals surface area contributed by atoms with Gasteiger partial charge in [0.2, 0.25) is 0 Å². The number of benzene rings is 9. The first-order chi connectivity index (χ1) is 69.5. The third-order valence-electron chi connectivity index (χ3n) is 18.2. The SMILES string of the molecule is C#C[Si](C)(C)C.C#Cc1cccc([N+](=O)[O-])c1.C=C/C(=C1\c2ccc(Cl)cc2OCc2ncccc21)c1cccc([N+](=O)[O-])c1.C=CB1OB(C=C)OB(C=C)O1.C[Si](C)(C)C#Cc1cccc([N+](=O)[O-])c1.O=[N+]([O-])c1cccc(C#Cc2cccnc2CO)c1.O=[N+]([O-])c1cccc(C#Cc2cccnc2COc2cc(Cl)ccc2I)c1.O=[N+]([O-])c1cccc(I)c1.OCc1ncccc1I.Oc1cc(Cl)ccc1I. The molecule has 30 nitrogen and oxygen atoms in total. The van der Waals surface area contributed by atoms with E-state index in [-0.39, 0.29) is 59.7 Å². The van der Waals surface area contributed by atoms with Crippen LogP contribution >= 0.6 is 125 Å². The van der Waals surface area contributed by atoms with Gasteiger partial charge >= 0.3 is 21.4 Å². The van der Waals surface area contributed by atoms with Crippen LogP contribution in [0.25, 0.3) is 11.1 Å². The lowest BCUT2D eigenvalue weighted by Gasteiger charge is -2.26. The molecule has 0 amide bonds. The van der Waals surface area contributed by atoms with Crippen molar-refractivity contribution in [3.05, 3.63) is 487 Å². The number of non-ortho nitro benzene ring substituents is 6. The third kappa shape index (κ3) is 43.2. The molecule has 0 atom stereocenters. The first-order valence-electron chi connectivity index (χ1n) is 42.7. The summed E-state index contributed by atoms with van der Waals surface area (Å²) in [6, 6.07) is 68.2. The van der Waals surface area contributed by atoms with Gasteiger partial charge in [0.1, 0.15) is 46.6 Å². The minimum absolute atomic E-state index is 0.000341. The van der Waals surface area contributed by atoms with Crippen LogP contribution in [-0.2, 0) is 40.1 Å². The Hall–Kier alpha value is -13.9. The van der Waals surface area contributed by atoms with Crippen LogP contribution in [0.2, 0.25) is 54.3 Å². The molecule has 0 spiro atoms. The highest BCUT2D eigenvalue weighted by Crippen LogP contribution is 2.43. The molecule has 0 unspecified atom stereocenters. The van der Waals surface area contributed by atoms with Gasteiger partial charge in [-0.1, -0.05) is 189 Å². The number of nitro benzene ring substituents is 6. The van der Waals surface area contributed by atoms with Gasteiger partial charge in [-0.15, -0.1) is 43.7 Å². The second-order valence-corrected chi connectivity index (χ2v) is 46.7. The first kappa shape index (κ1) is 121. The number of allylic oxidation sites excluding steroid dienone is 2. The van der Waals surface area contributed by atoms with Crippen LogP contribution in [0.15, 0.2) is 324 Å². The van der Waals surface area contributed by atoms with Gasteiger partial charge in [-0.25, -0.2) is 0 Å². The molecule has 15 rings (SSSR count). The summed E-state index contributed by atoms with van der Waals surface area (Å²) in [6.45, 7) is 27.8. The number of rotatable bonds is 16. The fourth-order valence-corrected chi connectivity index (χ4v) is 14.1. The minimum atomic E-state index is -1.42. The quantitative estimate of drug-likeness (QED) is 0.0266. The van der Waals surface area contributed by atoms with Crippen molar-refractivity contribution in [1.82, 2.24) is 19.9 Å². The van der Waals surface area contributed by atoms with Crippen LogP contribution in [0.3, 0.4) is 0 Å². The standard InChI is InChI=1S/C22H15ClN2O3.C20H12ClIN2O3.C14H10N2O3.C11H13NO2Si.C8H5NO2.C6H9B3O3.C6H4ClIO.C6H4INO2.C6H6INO.C5H10Si/c1-2-17(14-5-3-6-16(11-14)25(26)27)22-18-7-4-10-24-20(18)13-28-21-12-15(23)8-9-19(21)22;21-16-8-9-18(22)20(12-16)27-13-19-15(4-2-10-23-19)7-6-14-3-1-5-17(11-14)24(25)26;17-10-14-12(4-2-8-15-14)7-6-11-3-1-5-13(9-11)16(18)19;1-15(2,3)8-7-10-5-4-6-11(9-10)12(13)14;1-2-7-4-3-5-8(6-7)9(10)11;1-4-7-10-8(5-2)12-9(6-3)11-7;7-4-1-2-5(8)6(9)3-4;7-5-2-1-3-6(4-5)8(9)10;7-5-2-1-3-8-6(5)4-9;1-5-6(2,3)4/h2-12H,1,13H2;1-5,8-12H,13H2;1-5,8-9,17H,10H2;4-6,9H,1-3H3;1,3-6H;4-6H,1-3H2;1-3,9H;1-4H;1-3,9H,4H2;1H,2-4H3/b22-17+;;;;;;;;;. The summed E-state index contributed by atoms with van der Waals surface area (Å²) in [5.74, 6) is 23.1. The first-order valence-corrected chi connectivity index (χ1v) is 55.1. The molecule has 6 heterocycles. The van der Waals surface area contributed by atoms with Crippen molar-refractivity contribution in [1.29, 1.82) is 0 Å². The Morgan fingerprint density at radius 3 is 1.28 bits per heavy atom. The number of phenolic OH excluding ortho intramolecular Hbond substituents is 1. The molecule has 3 N–H and O–H groups in total. The number of aliphatic hydroxyl groups is 2. The van der Waals surface area contributed by atoms with Crippen molar-refractivity contribution in [3.8, 4) is 76.7 Å². The predicted molar refractivity (Wildman–Crippen MR) is 612 cm³/mol. The molecule has 0 radical (unpaired) electrons. The van der Waals surface area contributed by atoms with E-state index >= 15 is 0 Å². The number of terminal acetylenes is 2. The summed E-state index contributed by atoms with van der Waals surface area (Å²) < 4.78 is 31.0. The van der Waals surface area contributed by atoms with E-state index in [1.807, 2.05) is 99.8 Å². The highest BCUT2D eigenvalue weighted by molar-refractivity contribution is 14.1. The predicted octanol–water partition coefficient (Wildman–Crippen LogP) is 25.4. The van der Waals surface area contributed by atoms with Crippen molar-refractivity contribution >= 4 is 208 Å². The lowest BCUT2D eigenvalue weighted by Crippen LogP contribution is -2.46. The zero-order valence-corrected chi connectivity index (χ0v) is 91.6. The average Bonchev–Trinajstić information content (AvgIpc) is 1.57. The number of halogens is 7.